The molecule has 3 heteroatoms. The van der Waals surface area contributed by atoms with Crippen molar-refractivity contribution >= 4 is 0 Å². The monoisotopic (exact) mass is 203 g/mol. The van der Waals surface area contributed by atoms with Gasteiger partial charge in [0.25, 0.3) is 0 Å². The highest BCUT2D eigenvalue weighted by Gasteiger charge is 2.01. The summed E-state index contributed by atoms with van der Waals surface area (Å²) in [5.74, 6) is 0. The number of aliphatic hydroxyl groups excluding tert-OH is 1. The molecule has 3 nitrogen and oxygen atoms in total. The fourth-order valence-corrected chi connectivity index (χ4v) is 1.34. The number of unbranched alkanes of at least 4 members (excludes halogenated alkanes) is 1. The fraction of sp³-hybridized carbons (Fsp3) is 1.00. The zero-order chi connectivity index (χ0) is 10.6. The Balaban J connectivity index is 3.30. The maximum Gasteiger partial charge on any atom is 0.0593 e. The van der Waals surface area contributed by atoms with E-state index in [9.17, 15) is 0 Å². The van der Waals surface area contributed by atoms with Gasteiger partial charge in [-0.15, -0.1) is 0 Å². The molecule has 0 aliphatic carbocycles. The van der Waals surface area contributed by atoms with Crippen LogP contribution in [0.2, 0.25) is 0 Å². The lowest BCUT2D eigenvalue weighted by Gasteiger charge is -2.20. The standard InChI is InChI=1S/C11H25NO2/c1-3-5-10-14-11-8-12(6-4-2)7-9-13/h13H,3-11H2,1-2H3. The number of ether oxygens (including phenoxy) is 1. The summed E-state index contributed by atoms with van der Waals surface area (Å²) in [5.41, 5.74) is 0. The lowest BCUT2D eigenvalue weighted by atomic mass is 10.3. The molecule has 14 heavy (non-hydrogen) atoms. The molecule has 0 unspecified atom stereocenters. The van der Waals surface area contributed by atoms with Crippen molar-refractivity contribution in [3.63, 3.8) is 0 Å². The van der Waals surface area contributed by atoms with Crippen molar-refractivity contribution in [2.24, 2.45) is 0 Å². The van der Waals surface area contributed by atoms with Crippen LogP contribution in [-0.2, 0) is 4.74 Å². The summed E-state index contributed by atoms with van der Waals surface area (Å²) < 4.78 is 5.47. The number of hydrogen-bond acceptors (Lipinski definition) is 3. The first-order valence-electron chi connectivity index (χ1n) is 5.76. The maximum atomic E-state index is 8.82. The highest BCUT2D eigenvalue weighted by Crippen LogP contribution is 1.92. The maximum absolute atomic E-state index is 8.82. The Labute approximate surface area is 88.1 Å². The third-order valence-corrected chi connectivity index (χ3v) is 2.15. The number of nitrogens with zero attached hydrogens (tertiary/aromatic N) is 1. The average molecular weight is 203 g/mol. The molecule has 0 aliphatic rings. The second-order valence-corrected chi connectivity index (χ2v) is 3.53. The average Bonchev–Trinajstić information content (AvgIpc) is 2.18. The first-order chi connectivity index (χ1) is 6.85. The molecule has 0 heterocycles. The van der Waals surface area contributed by atoms with E-state index in [1.165, 1.54) is 6.42 Å². The highest BCUT2D eigenvalue weighted by molar-refractivity contribution is 4.55. The van der Waals surface area contributed by atoms with Crippen LogP contribution in [0.3, 0.4) is 0 Å². The zero-order valence-electron chi connectivity index (χ0n) is 9.67. The van der Waals surface area contributed by atoms with E-state index in [4.69, 9.17) is 9.84 Å². The summed E-state index contributed by atoms with van der Waals surface area (Å²) >= 11 is 0. The lowest BCUT2D eigenvalue weighted by Crippen LogP contribution is -2.31. The topological polar surface area (TPSA) is 32.7 Å². The Hall–Kier alpha value is -0.120. The van der Waals surface area contributed by atoms with Crippen LogP contribution >= 0.6 is 0 Å². The molecule has 0 saturated carbocycles. The number of aliphatic hydroxyl groups is 1. The molecular weight excluding hydrogens is 178 g/mol. The van der Waals surface area contributed by atoms with Crippen molar-refractivity contribution in [1.82, 2.24) is 4.90 Å². The summed E-state index contributed by atoms with van der Waals surface area (Å²) in [6, 6.07) is 0. The molecule has 0 amide bonds. The molecular formula is C11H25NO2. The van der Waals surface area contributed by atoms with E-state index < -0.39 is 0 Å². The molecule has 0 aromatic carbocycles. The van der Waals surface area contributed by atoms with Crippen LogP contribution in [0.1, 0.15) is 33.1 Å². The second-order valence-electron chi connectivity index (χ2n) is 3.53. The van der Waals surface area contributed by atoms with E-state index in [1.807, 2.05) is 0 Å². The van der Waals surface area contributed by atoms with Crippen molar-refractivity contribution in [1.29, 1.82) is 0 Å². The van der Waals surface area contributed by atoms with Crippen LogP contribution in [0.25, 0.3) is 0 Å². The summed E-state index contributed by atoms with van der Waals surface area (Å²) in [5, 5.41) is 8.82. The van der Waals surface area contributed by atoms with Gasteiger partial charge in [-0.2, -0.15) is 0 Å². The van der Waals surface area contributed by atoms with Gasteiger partial charge in [-0.05, 0) is 19.4 Å². The Morgan fingerprint density at radius 3 is 2.36 bits per heavy atom. The highest BCUT2D eigenvalue weighted by atomic mass is 16.5. The Morgan fingerprint density at radius 2 is 1.79 bits per heavy atom. The molecule has 0 saturated heterocycles. The Bertz CT molecular complexity index is 103. The van der Waals surface area contributed by atoms with Gasteiger partial charge in [0.2, 0.25) is 0 Å². The molecule has 0 aliphatic heterocycles. The van der Waals surface area contributed by atoms with Gasteiger partial charge in [0.05, 0.1) is 13.2 Å². The van der Waals surface area contributed by atoms with Gasteiger partial charge in [0.15, 0.2) is 0 Å². The Morgan fingerprint density at radius 1 is 1.00 bits per heavy atom. The minimum absolute atomic E-state index is 0.245. The van der Waals surface area contributed by atoms with Crippen molar-refractivity contribution in [2.45, 2.75) is 33.1 Å². The van der Waals surface area contributed by atoms with E-state index in [2.05, 4.69) is 18.7 Å². The molecule has 0 aromatic heterocycles. The first kappa shape index (κ1) is 13.9. The third-order valence-electron chi connectivity index (χ3n) is 2.15. The predicted molar refractivity (Wildman–Crippen MR) is 59.5 cm³/mol. The summed E-state index contributed by atoms with van der Waals surface area (Å²) in [6.45, 7) is 8.99. The molecule has 1 N–H and O–H groups in total. The second kappa shape index (κ2) is 11.0. The molecule has 0 aromatic rings. The number of hydrogen-bond donors (Lipinski definition) is 1. The predicted octanol–water partition coefficient (Wildman–Crippen LogP) is 1.51. The lowest BCUT2D eigenvalue weighted by molar-refractivity contribution is 0.0939. The van der Waals surface area contributed by atoms with Crippen LogP contribution in [0.4, 0.5) is 0 Å². The molecule has 0 spiro atoms. The van der Waals surface area contributed by atoms with Crippen LogP contribution in [0.5, 0.6) is 0 Å². The van der Waals surface area contributed by atoms with Crippen molar-refractivity contribution in [3.8, 4) is 0 Å². The van der Waals surface area contributed by atoms with Crippen molar-refractivity contribution in [3.05, 3.63) is 0 Å². The van der Waals surface area contributed by atoms with E-state index in [0.717, 1.165) is 45.7 Å². The van der Waals surface area contributed by atoms with Gasteiger partial charge in [-0.1, -0.05) is 20.3 Å². The molecule has 86 valence electrons. The number of rotatable bonds is 10. The van der Waals surface area contributed by atoms with Gasteiger partial charge in [0, 0.05) is 19.7 Å². The SMILES string of the molecule is CCCCOCCN(CCC)CCO. The van der Waals surface area contributed by atoms with Gasteiger partial charge in [-0.25, -0.2) is 0 Å². The van der Waals surface area contributed by atoms with Crippen LogP contribution in [0, 0.1) is 0 Å². The Kier molecular flexibility index (Phi) is 10.9. The molecule has 0 radical (unpaired) electrons. The van der Waals surface area contributed by atoms with Crippen LogP contribution in [0.15, 0.2) is 0 Å². The largest absolute Gasteiger partial charge is 0.395 e. The summed E-state index contributed by atoms with van der Waals surface area (Å²) in [7, 11) is 0. The normalized spacial score (nSPS) is 11.1. The minimum Gasteiger partial charge on any atom is -0.395 e. The van der Waals surface area contributed by atoms with Crippen LogP contribution < -0.4 is 0 Å². The van der Waals surface area contributed by atoms with Gasteiger partial charge < -0.3 is 9.84 Å². The molecule has 0 atom stereocenters. The van der Waals surface area contributed by atoms with Gasteiger partial charge in [-0.3, -0.25) is 4.90 Å². The van der Waals surface area contributed by atoms with Gasteiger partial charge >= 0.3 is 0 Å². The first-order valence-corrected chi connectivity index (χ1v) is 5.76. The van der Waals surface area contributed by atoms with E-state index >= 15 is 0 Å². The van der Waals surface area contributed by atoms with Crippen molar-refractivity contribution in [2.75, 3.05) is 39.5 Å². The fourth-order valence-electron chi connectivity index (χ4n) is 1.34. The third kappa shape index (κ3) is 8.48. The smallest absolute Gasteiger partial charge is 0.0593 e. The van der Waals surface area contributed by atoms with E-state index in [0.29, 0.717) is 0 Å². The van der Waals surface area contributed by atoms with Crippen LogP contribution in [-0.4, -0.2) is 49.5 Å². The quantitative estimate of drug-likeness (QED) is 0.546. The summed E-state index contributed by atoms with van der Waals surface area (Å²) in [6.07, 6.45) is 3.47. The van der Waals surface area contributed by atoms with E-state index in [-0.39, 0.29) is 6.61 Å². The molecule has 0 rings (SSSR count). The van der Waals surface area contributed by atoms with E-state index in [1.54, 1.807) is 0 Å². The van der Waals surface area contributed by atoms with Crippen molar-refractivity contribution < 1.29 is 9.84 Å². The summed E-state index contributed by atoms with van der Waals surface area (Å²) in [4.78, 5) is 2.24. The molecule has 0 bridgehead atoms. The van der Waals surface area contributed by atoms with Gasteiger partial charge in [0.1, 0.15) is 0 Å². The molecule has 0 fully saturated rings. The zero-order valence-corrected chi connectivity index (χ0v) is 9.67. The minimum atomic E-state index is 0.245.